The molecule has 0 radical (unpaired) electrons. The molecule has 2 rings (SSSR count). The van der Waals surface area contributed by atoms with Gasteiger partial charge in [0, 0.05) is 11.6 Å². The van der Waals surface area contributed by atoms with Crippen LogP contribution in [0.2, 0.25) is 0 Å². The molecule has 1 aromatic heterocycles. The summed E-state index contributed by atoms with van der Waals surface area (Å²) in [4.78, 5) is 15.7. The summed E-state index contributed by atoms with van der Waals surface area (Å²) >= 11 is 1.16. The lowest BCUT2D eigenvalue weighted by molar-refractivity contribution is -0.141. The van der Waals surface area contributed by atoms with E-state index < -0.39 is 23.8 Å². The van der Waals surface area contributed by atoms with E-state index in [1.165, 1.54) is 18.3 Å². The Balaban J connectivity index is 1.92. The molecule has 1 unspecified atom stereocenters. The molecule has 0 amide bonds. The summed E-state index contributed by atoms with van der Waals surface area (Å²) in [5.41, 5.74) is -0.578. The van der Waals surface area contributed by atoms with Crippen LogP contribution in [0, 0.1) is 0 Å². The van der Waals surface area contributed by atoms with Crippen molar-refractivity contribution < 1.29 is 27.8 Å². The van der Waals surface area contributed by atoms with Crippen molar-refractivity contribution in [3.8, 4) is 0 Å². The number of benzene rings is 1. The van der Waals surface area contributed by atoms with E-state index in [1.807, 2.05) is 0 Å². The fraction of sp³-hybridized carbons (Fsp3) is 0.200. The third-order valence-corrected chi connectivity index (χ3v) is 3.76. The predicted molar refractivity (Wildman–Crippen MR) is 77.5 cm³/mol. The first kappa shape index (κ1) is 17.2. The molecule has 23 heavy (non-hydrogen) atoms. The molecule has 0 saturated heterocycles. The Hall–Kier alpha value is -2.19. The highest BCUT2D eigenvalue weighted by molar-refractivity contribution is 7.09. The van der Waals surface area contributed by atoms with Gasteiger partial charge in [0.2, 0.25) is 0 Å². The number of alkyl halides is 3. The summed E-state index contributed by atoms with van der Waals surface area (Å²) in [6.07, 6.45) is -4.21. The quantitative estimate of drug-likeness (QED) is 0.667. The highest BCUT2D eigenvalue weighted by Crippen LogP contribution is 2.29. The minimum absolute atomic E-state index is 0.188. The number of halogens is 3. The number of ether oxygens (including phenoxy) is 1. The summed E-state index contributed by atoms with van der Waals surface area (Å²) in [5, 5.41) is 11.8. The van der Waals surface area contributed by atoms with Crippen molar-refractivity contribution in [2.75, 3.05) is 0 Å². The number of aliphatic hydroxyl groups excluding tert-OH is 1. The van der Waals surface area contributed by atoms with E-state index in [2.05, 4.69) is 11.6 Å². The molecule has 1 atom stereocenters. The number of thiazole rings is 1. The first-order valence-corrected chi connectivity index (χ1v) is 7.26. The Labute approximate surface area is 133 Å². The number of esters is 1. The Morgan fingerprint density at radius 3 is 2.52 bits per heavy atom. The molecule has 4 nitrogen and oxygen atoms in total. The molecule has 2 aromatic rings. The molecule has 0 fully saturated rings. The van der Waals surface area contributed by atoms with Crippen LogP contribution in [0.1, 0.15) is 22.2 Å². The lowest BCUT2D eigenvalue weighted by atomic mass is 10.1. The van der Waals surface area contributed by atoms with Gasteiger partial charge < -0.3 is 9.84 Å². The average Bonchev–Trinajstić information content (AvgIpc) is 3.05. The molecule has 1 N–H and O–H groups in total. The zero-order valence-corrected chi connectivity index (χ0v) is 12.5. The molecule has 0 aliphatic carbocycles. The van der Waals surface area contributed by atoms with Gasteiger partial charge in [-0.15, -0.1) is 11.3 Å². The van der Waals surface area contributed by atoms with E-state index in [1.54, 1.807) is 5.38 Å². The second-order valence-electron chi connectivity index (χ2n) is 4.57. The molecule has 0 aliphatic heterocycles. The van der Waals surface area contributed by atoms with Crippen LogP contribution < -0.4 is 0 Å². The summed E-state index contributed by atoms with van der Waals surface area (Å²) < 4.78 is 42.2. The van der Waals surface area contributed by atoms with Crippen molar-refractivity contribution in [2.45, 2.75) is 18.9 Å². The van der Waals surface area contributed by atoms with E-state index in [-0.39, 0.29) is 12.2 Å². The van der Waals surface area contributed by atoms with E-state index >= 15 is 0 Å². The normalized spacial score (nSPS) is 12.7. The van der Waals surface area contributed by atoms with Gasteiger partial charge in [-0.2, -0.15) is 13.2 Å². The minimum Gasteiger partial charge on any atom is -0.457 e. The number of hydrogen-bond acceptors (Lipinski definition) is 5. The van der Waals surface area contributed by atoms with Crippen LogP contribution in [-0.4, -0.2) is 16.1 Å². The fourth-order valence-electron chi connectivity index (χ4n) is 1.66. The molecule has 1 heterocycles. The summed E-state index contributed by atoms with van der Waals surface area (Å²) in [7, 11) is 0. The van der Waals surface area contributed by atoms with E-state index in [0.29, 0.717) is 10.6 Å². The zero-order chi connectivity index (χ0) is 17.0. The molecule has 122 valence electrons. The maximum Gasteiger partial charge on any atom is 0.416 e. The van der Waals surface area contributed by atoms with Gasteiger partial charge in [-0.3, -0.25) is 0 Å². The summed E-state index contributed by atoms with van der Waals surface area (Å²) in [6.45, 7) is 3.24. The number of aliphatic hydroxyl groups is 1. The van der Waals surface area contributed by atoms with Crippen LogP contribution in [0.5, 0.6) is 0 Å². The van der Waals surface area contributed by atoms with Gasteiger partial charge in [0.25, 0.3) is 0 Å². The fourth-order valence-corrected chi connectivity index (χ4v) is 2.32. The molecule has 0 aliphatic rings. The van der Waals surface area contributed by atoms with Gasteiger partial charge in [0.05, 0.1) is 11.1 Å². The van der Waals surface area contributed by atoms with Gasteiger partial charge in [-0.05, 0) is 17.7 Å². The molecule has 8 heteroatoms. The first-order valence-electron chi connectivity index (χ1n) is 6.38. The Kier molecular flexibility index (Phi) is 5.17. The third-order valence-electron chi connectivity index (χ3n) is 2.93. The van der Waals surface area contributed by atoms with Gasteiger partial charge in [0.15, 0.2) is 0 Å². The summed E-state index contributed by atoms with van der Waals surface area (Å²) in [5.74, 6) is -0.840. The largest absolute Gasteiger partial charge is 0.457 e. The van der Waals surface area contributed by atoms with Crippen molar-refractivity contribution in [2.24, 2.45) is 0 Å². The topological polar surface area (TPSA) is 59.4 Å². The number of carbonyl (C=O) groups is 1. The smallest absolute Gasteiger partial charge is 0.416 e. The van der Waals surface area contributed by atoms with Crippen molar-refractivity contribution in [3.05, 3.63) is 64.1 Å². The maximum atomic E-state index is 12.4. The maximum absolute atomic E-state index is 12.4. The second-order valence-corrected chi connectivity index (χ2v) is 5.50. The van der Waals surface area contributed by atoms with Gasteiger partial charge in [-0.1, -0.05) is 18.7 Å². The highest BCUT2D eigenvalue weighted by atomic mass is 32.1. The van der Waals surface area contributed by atoms with Crippen molar-refractivity contribution in [3.63, 3.8) is 0 Å². The van der Waals surface area contributed by atoms with Crippen LogP contribution in [0.25, 0.3) is 0 Å². The molecular weight excluding hydrogens is 331 g/mol. The SMILES string of the molecule is C=C(C(=O)OCc1ccc(C(F)(F)F)cc1)C(O)c1nccs1. The second kappa shape index (κ2) is 6.93. The third kappa shape index (κ3) is 4.40. The lowest BCUT2D eigenvalue weighted by Gasteiger charge is -2.11. The molecular formula is C15H12F3NO3S. The van der Waals surface area contributed by atoms with Crippen LogP contribution in [0.4, 0.5) is 13.2 Å². The molecule has 0 saturated carbocycles. The number of carbonyl (C=O) groups excluding carboxylic acids is 1. The monoisotopic (exact) mass is 343 g/mol. The zero-order valence-electron chi connectivity index (χ0n) is 11.7. The van der Waals surface area contributed by atoms with Crippen LogP contribution in [0.15, 0.2) is 48.0 Å². The Morgan fingerprint density at radius 1 is 1.35 bits per heavy atom. The van der Waals surface area contributed by atoms with E-state index in [9.17, 15) is 23.1 Å². The average molecular weight is 343 g/mol. The molecule has 0 bridgehead atoms. The van der Waals surface area contributed by atoms with Crippen LogP contribution in [0.3, 0.4) is 0 Å². The predicted octanol–water partition coefficient (Wildman–Crippen LogP) is 3.49. The molecule has 1 aromatic carbocycles. The van der Waals surface area contributed by atoms with Crippen molar-refractivity contribution in [1.29, 1.82) is 0 Å². The number of nitrogens with zero attached hydrogens (tertiary/aromatic N) is 1. The first-order chi connectivity index (χ1) is 10.8. The number of hydrogen-bond donors (Lipinski definition) is 1. The Bertz CT molecular complexity index is 681. The standard InChI is InChI=1S/C15H12F3NO3S/c1-9(12(20)13-19-6-7-23-13)14(21)22-8-10-2-4-11(5-3-10)15(16,17)18/h2-7,12,20H,1,8H2. The minimum atomic E-state index is -4.42. The number of rotatable bonds is 5. The number of aromatic nitrogens is 1. The van der Waals surface area contributed by atoms with Crippen LogP contribution in [-0.2, 0) is 22.3 Å². The Morgan fingerprint density at radius 2 is 2.00 bits per heavy atom. The van der Waals surface area contributed by atoms with Gasteiger partial charge >= 0.3 is 12.1 Å². The van der Waals surface area contributed by atoms with Crippen molar-refractivity contribution >= 4 is 17.3 Å². The lowest BCUT2D eigenvalue weighted by Crippen LogP contribution is -2.13. The van der Waals surface area contributed by atoms with E-state index in [0.717, 1.165) is 23.5 Å². The summed E-state index contributed by atoms with van der Waals surface area (Å²) in [6, 6.07) is 4.25. The van der Waals surface area contributed by atoms with Crippen LogP contribution >= 0.6 is 11.3 Å². The van der Waals surface area contributed by atoms with Gasteiger partial charge in [-0.25, -0.2) is 9.78 Å². The van der Waals surface area contributed by atoms with Gasteiger partial charge in [0.1, 0.15) is 17.7 Å². The highest BCUT2D eigenvalue weighted by Gasteiger charge is 2.30. The molecule has 0 spiro atoms. The van der Waals surface area contributed by atoms with Crippen molar-refractivity contribution in [1.82, 2.24) is 4.98 Å². The van der Waals surface area contributed by atoms with E-state index in [4.69, 9.17) is 4.74 Å².